The molecule has 0 amide bonds. The van der Waals surface area contributed by atoms with E-state index in [9.17, 15) is 9.90 Å². The second-order valence-corrected chi connectivity index (χ2v) is 6.36. The molecular weight excluding hydrogens is 246 g/mol. The first kappa shape index (κ1) is 11.9. The van der Waals surface area contributed by atoms with Crippen molar-refractivity contribution in [1.29, 1.82) is 0 Å². The van der Waals surface area contributed by atoms with Crippen LogP contribution in [0, 0.1) is 5.41 Å². The third-order valence-corrected chi connectivity index (χ3v) is 5.10. The maximum absolute atomic E-state index is 12.3. The van der Waals surface area contributed by atoms with Gasteiger partial charge in [0.1, 0.15) is 0 Å². The Labute approximate surface area is 110 Å². The molecule has 0 radical (unpaired) electrons. The summed E-state index contributed by atoms with van der Waals surface area (Å²) >= 11 is 1.52. The van der Waals surface area contributed by atoms with Gasteiger partial charge in [0.25, 0.3) is 5.56 Å². The van der Waals surface area contributed by atoms with Crippen LogP contribution in [0.3, 0.4) is 0 Å². The molecule has 0 saturated heterocycles. The first-order valence-corrected chi connectivity index (χ1v) is 7.21. The summed E-state index contributed by atoms with van der Waals surface area (Å²) in [5, 5.41) is 10.4. The molecule has 1 N–H and O–H groups in total. The second-order valence-electron chi connectivity index (χ2n) is 5.29. The largest absolute Gasteiger partial charge is 0.396 e. The van der Waals surface area contributed by atoms with Crippen LogP contribution in [0.2, 0.25) is 0 Å². The molecule has 0 bridgehead atoms. The Hall–Kier alpha value is -1.13. The summed E-state index contributed by atoms with van der Waals surface area (Å²) in [6, 6.07) is 7.72. The van der Waals surface area contributed by atoms with Gasteiger partial charge in [-0.3, -0.25) is 8.75 Å². The number of hydrogen-bond acceptors (Lipinski definition) is 3. The van der Waals surface area contributed by atoms with Crippen molar-refractivity contribution >= 4 is 21.6 Å². The van der Waals surface area contributed by atoms with E-state index >= 15 is 0 Å². The number of fused-ring (bicyclic) bond motifs is 1. The summed E-state index contributed by atoms with van der Waals surface area (Å²) in [4.78, 5) is 12.3. The smallest absolute Gasteiger partial charge is 0.268 e. The molecule has 2 aromatic rings. The Morgan fingerprint density at radius 3 is 2.67 bits per heavy atom. The average molecular weight is 263 g/mol. The zero-order valence-electron chi connectivity index (χ0n) is 10.3. The monoisotopic (exact) mass is 263 g/mol. The van der Waals surface area contributed by atoms with E-state index in [0.29, 0.717) is 6.54 Å². The van der Waals surface area contributed by atoms with Crippen LogP contribution in [0.4, 0.5) is 0 Å². The number of benzene rings is 1. The Morgan fingerprint density at radius 1 is 1.28 bits per heavy atom. The number of nitrogens with zero attached hydrogens (tertiary/aromatic N) is 1. The van der Waals surface area contributed by atoms with E-state index in [1.807, 2.05) is 28.2 Å². The number of aliphatic hydroxyl groups is 1. The number of aromatic nitrogens is 1. The van der Waals surface area contributed by atoms with Crippen LogP contribution in [-0.2, 0) is 6.54 Å². The fourth-order valence-electron chi connectivity index (χ4n) is 2.92. The number of hydrogen-bond donors (Lipinski definition) is 1. The Bertz CT molecular complexity index is 608. The molecule has 1 saturated carbocycles. The molecule has 0 atom stereocenters. The molecule has 3 nitrogen and oxygen atoms in total. The molecule has 1 aliphatic carbocycles. The third-order valence-electron chi connectivity index (χ3n) is 4.03. The van der Waals surface area contributed by atoms with Crippen LogP contribution in [0.1, 0.15) is 25.7 Å². The van der Waals surface area contributed by atoms with Crippen molar-refractivity contribution in [2.45, 2.75) is 32.2 Å². The maximum atomic E-state index is 12.3. The lowest BCUT2D eigenvalue weighted by molar-refractivity contribution is 0.114. The molecule has 0 unspecified atom stereocenters. The van der Waals surface area contributed by atoms with Crippen molar-refractivity contribution in [1.82, 2.24) is 3.96 Å². The zero-order valence-corrected chi connectivity index (χ0v) is 11.1. The van der Waals surface area contributed by atoms with Gasteiger partial charge in [-0.1, -0.05) is 36.5 Å². The van der Waals surface area contributed by atoms with Crippen LogP contribution in [0.15, 0.2) is 29.1 Å². The fourth-order valence-corrected chi connectivity index (χ4v) is 4.07. The molecular formula is C14H17NO2S. The average Bonchev–Trinajstić information content (AvgIpc) is 2.98. The minimum absolute atomic E-state index is 0.0648. The van der Waals surface area contributed by atoms with Gasteiger partial charge >= 0.3 is 0 Å². The quantitative estimate of drug-likeness (QED) is 0.925. The minimum Gasteiger partial charge on any atom is -0.396 e. The highest BCUT2D eigenvalue weighted by atomic mass is 32.1. The molecule has 0 aliphatic heterocycles. The summed E-state index contributed by atoms with van der Waals surface area (Å²) in [6.45, 7) is 0.857. The lowest BCUT2D eigenvalue weighted by Gasteiger charge is -2.25. The Balaban J connectivity index is 2.00. The standard InChI is InChI=1S/C14H17NO2S/c16-10-14(7-3-4-8-14)9-15-13(17)11-5-1-2-6-12(11)18-15/h1-2,5-6,16H,3-4,7-10H2. The first-order valence-electron chi connectivity index (χ1n) is 6.44. The Kier molecular flexibility index (Phi) is 2.99. The molecule has 1 aromatic carbocycles. The molecule has 3 rings (SSSR count). The van der Waals surface area contributed by atoms with E-state index < -0.39 is 0 Å². The third kappa shape index (κ3) is 1.89. The van der Waals surface area contributed by atoms with E-state index in [-0.39, 0.29) is 17.6 Å². The number of aliphatic hydroxyl groups excluding tert-OH is 1. The van der Waals surface area contributed by atoms with Gasteiger partial charge in [0.15, 0.2) is 0 Å². The van der Waals surface area contributed by atoms with Gasteiger partial charge in [0.2, 0.25) is 0 Å². The van der Waals surface area contributed by atoms with Gasteiger partial charge in [0, 0.05) is 12.0 Å². The highest BCUT2D eigenvalue weighted by molar-refractivity contribution is 7.13. The lowest BCUT2D eigenvalue weighted by atomic mass is 9.87. The van der Waals surface area contributed by atoms with Gasteiger partial charge in [-0.15, -0.1) is 0 Å². The molecule has 1 aliphatic rings. The van der Waals surface area contributed by atoms with E-state index in [2.05, 4.69) is 0 Å². The van der Waals surface area contributed by atoms with Crippen LogP contribution >= 0.6 is 11.5 Å². The summed E-state index contributed by atoms with van der Waals surface area (Å²) in [5.41, 5.74) is 0.0281. The minimum atomic E-state index is -0.0648. The van der Waals surface area contributed by atoms with Gasteiger partial charge in [-0.25, -0.2) is 0 Å². The van der Waals surface area contributed by atoms with Gasteiger partial charge in [-0.2, -0.15) is 0 Å². The van der Waals surface area contributed by atoms with Crippen LogP contribution in [-0.4, -0.2) is 15.7 Å². The zero-order chi connectivity index (χ0) is 12.6. The van der Waals surface area contributed by atoms with E-state index in [1.165, 1.54) is 24.4 Å². The Morgan fingerprint density at radius 2 is 2.00 bits per heavy atom. The van der Waals surface area contributed by atoms with Gasteiger partial charge < -0.3 is 5.11 Å². The molecule has 1 heterocycles. The first-order chi connectivity index (χ1) is 8.74. The van der Waals surface area contributed by atoms with E-state index in [1.54, 1.807) is 0 Å². The van der Waals surface area contributed by atoms with Crippen LogP contribution < -0.4 is 5.56 Å². The fraction of sp³-hybridized carbons (Fsp3) is 0.500. The summed E-state index contributed by atoms with van der Waals surface area (Å²) in [5.74, 6) is 0. The summed E-state index contributed by atoms with van der Waals surface area (Å²) < 4.78 is 2.86. The predicted molar refractivity (Wildman–Crippen MR) is 74.1 cm³/mol. The van der Waals surface area contributed by atoms with Crippen molar-refractivity contribution in [2.24, 2.45) is 5.41 Å². The topological polar surface area (TPSA) is 42.2 Å². The van der Waals surface area contributed by atoms with Gasteiger partial charge in [0.05, 0.1) is 16.7 Å². The summed E-state index contributed by atoms with van der Waals surface area (Å²) in [7, 11) is 0. The van der Waals surface area contributed by atoms with Crippen LogP contribution in [0.25, 0.3) is 10.1 Å². The molecule has 1 aromatic heterocycles. The van der Waals surface area contributed by atoms with Crippen LogP contribution in [0.5, 0.6) is 0 Å². The normalized spacial score (nSPS) is 18.5. The molecule has 4 heteroatoms. The maximum Gasteiger partial charge on any atom is 0.268 e. The van der Waals surface area contributed by atoms with Crippen molar-refractivity contribution in [2.75, 3.05) is 6.61 Å². The van der Waals surface area contributed by atoms with Crippen molar-refractivity contribution in [3.05, 3.63) is 34.6 Å². The molecule has 0 spiro atoms. The van der Waals surface area contributed by atoms with Crippen molar-refractivity contribution in [3.8, 4) is 0 Å². The highest BCUT2D eigenvalue weighted by Crippen LogP contribution is 2.39. The van der Waals surface area contributed by atoms with E-state index in [4.69, 9.17) is 0 Å². The van der Waals surface area contributed by atoms with Crippen molar-refractivity contribution in [3.63, 3.8) is 0 Å². The van der Waals surface area contributed by atoms with Crippen molar-refractivity contribution < 1.29 is 5.11 Å². The molecule has 18 heavy (non-hydrogen) atoms. The number of rotatable bonds is 3. The highest BCUT2D eigenvalue weighted by Gasteiger charge is 2.34. The SMILES string of the molecule is O=c1c2ccccc2sn1CC1(CO)CCCC1. The summed E-state index contributed by atoms with van der Waals surface area (Å²) in [6.07, 6.45) is 4.40. The second kappa shape index (κ2) is 4.52. The molecule has 1 fully saturated rings. The molecule has 96 valence electrons. The van der Waals surface area contributed by atoms with E-state index in [0.717, 1.165) is 22.9 Å². The van der Waals surface area contributed by atoms with Gasteiger partial charge in [-0.05, 0) is 25.0 Å². The lowest BCUT2D eigenvalue weighted by Crippen LogP contribution is -2.30. The predicted octanol–water partition coefficient (Wildman–Crippen LogP) is 2.62.